The van der Waals surface area contributed by atoms with Crippen molar-refractivity contribution in [3.63, 3.8) is 0 Å². The van der Waals surface area contributed by atoms with Crippen molar-refractivity contribution in [3.8, 4) is 0 Å². The van der Waals surface area contributed by atoms with Gasteiger partial charge in [-0.3, -0.25) is 4.90 Å². The van der Waals surface area contributed by atoms with E-state index >= 15 is 0 Å². The maximum atomic E-state index is 9.69. The van der Waals surface area contributed by atoms with E-state index in [9.17, 15) is 5.11 Å². The van der Waals surface area contributed by atoms with E-state index in [2.05, 4.69) is 11.8 Å². The summed E-state index contributed by atoms with van der Waals surface area (Å²) in [4.78, 5) is 2.35. The Balaban J connectivity index is 2.36. The molecule has 0 aromatic heterocycles. The van der Waals surface area contributed by atoms with E-state index in [-0.39, 0.29) is 0 Å². The second kappa shape index (κ2) is 3.73. The Morgan fingerprint density at radius 3 is 2.42 bits per heavy atom. The third-order valence-corrected chi connectivity index (χ3v) is 2.84. The van der Waals surface area contributed by atoms with Gasteiger partial charge in [-0.15, -0.1) is 0 Å². The predicted octanol–water partition coefficient (Wildman–Crippen LogP) is 0.180. The normalized spacial score (nSPS) is 27.0. The van der Waals surface area contributed by atoms with Crippen molar-refractivity contribution in [2.75, 3.05) is 19.6 Å². The largest absolute Gasteiger partial charge is 0.390 e. The van der Waals surface area contributed by atoms with Gasteiger partial charge >= 0.3 is 0 Å². The number of rotatable bonds is 2. The average molecular weight is 172 g/mol. The van der Waals surface area contributed by atoms with Crippen LogP contribution < -0.4 is 5.73 Å². The van der Waals surface area contributed by atoms with Crippen molar-refractivity contribution >= 4 is 0 Å². The van der Waals surface area contributed by atoms with Crippen LogP contribution in [-0.2, 0) is 0 Å². The Kier molecular flexibility index (Phi) is 3.09. The molecule has 0 aromatic rings. The fourth-order valence-corrected chi connectivity index (χ4v) is 1.60. The fraction of sp³-hybridized carbons (Fsp3) is 1.00. The minimum atomic E-state index is -0.440. The number of aliphatic hydroxyl groups is 1. The average Bonchev–Trinajstić information content (AvgIpc) is 2.03. The van der Waals surface area contributed by atoms with Gasteiger partial charge in [-0.05, 0) is 26.7 Å². The molecule has 12 heavy (non-hydrogen) atoms. The Morgan fingerprint density at radius 1 is 1.50 bits per heavy atom. The van der Waals surface area contributed by atoms with Crippen LogP contribution in [0.25, 0.3) is 0 Å². The molecule has 0 aromatic carbocycles. The van der Waals surface area contributed by atoms with Gasteiger partial charge in [-0.2, -0.15) is 0 Å². The summed E-state index contributed by atoms with van der Waals surface area (Å²) in [5.41, 5.74) is 5.13. The van der Waals surface area contributed by atoms with Crippen LogP contribution in [-0.4, -0.2) is 41.3 Å². The second-order valence-corrected chi connectivity index (χ2v) is 4.12. The van der Waals surface area contributed by atoms with Gasteiger partial charge in [-0.1, -0.05) is 0 Å². The summed E-state index contributed by atoms with van der Waals surface area (Å²) in [6.45, 7) is 6.72. The highest BCUT2D eigenvalue weighted by molar-refractivity contribution is 4.83. The smallest absolute Gasteiger partial charge is 0.0644 e. The number of nitrogens with two attached hydrogens (primary N) is 1. The summed E-state index contributed by atoms with van der Waals surface area (Å²) < 4.78 is 0. The number of hydrogen-bond acceptors (Lipinski definition) is 3. The molecule has 3 N–H and O–H groups in total. The highest BCUT2D eigenvalue weighted by Gasteiger charge is 2.28. The molecule has 0 amide bonds. The molecule has 72 valence electrons. The minimum absolute atomic E-state index is 0.440. The van der Waals surface area contributed by atoms with Crippen LogP contribution in [0.4, 0.5) is 0 Å². The predicted molar refractivity (Wildman–Crippen MR) is 49.9 cm³/mol. The molecule has 0 aliphatic carbocycles. The first-order chi connectivity index (χ1) is 5.55. The van der Waals surface area contributed by atoms with E-state index in [4.69, 9.17) is 5.73 Å². The van der Waals surface area contributed by atoms with Gasteiger partial charge in [0.05, 0.1) is 5.60 Å². The molecule has 3 nitrogen and oxygen atoms in total. The molecule has 0 saturated carbocycles. The van der Waals surface area contributed by atoms with Crippen molar-refractivity contribution in [3.05, 3.63) is 0 Å². The summed E-state index contributed by atoms with van der Waals surface area (Å²) in [6, 6.07) is 0.459. The van der Waals surface area contributed by atoms with Gasteiger partial charge in [0.25, 0.3) is 0 Å². The highest BCUT2D eigenvalue weighted by Crippen LogP contribution is 2.21. The fourth-order valence-electron chi connectivity index (χ4n) is 1.60. The third kappa shape index (κ3) is 2.44. The topological polar surface area (TPSA) is 49.5 Å². The number of hydrogen-bond donors (Lipinski definition) is 2. The van der Waals surface area contributed by atoms with Crippen molar-refractivity contribution in [2.24, 2.45) is 5.73 Å². The van der Waals surface area contributed by atoms with Crippen molar-refractivity contribution in [1.29, 1.82) is 0 Å². The summed E-state index contributed by atoms with van der Waals surface area (Å²) in [5.74, 6) is 0. The third-order valence-electron chi connectivity index (χ3n) is 2.84. The Morgan fingerprint density at radius 2 is 2.00 bits per heavy atom. The molecular formula is C9H20N2O. The molecule has 1 aliphatic heterocycles. The number of nitrogens with zero attached hydrogens (tertiary/aromatic N) is 1. The van der Waals surface area contributed by atoms with Gasteiger partial charge in [0.1, 0.15) is 0 Å². The highest BCUT2D eigenvalue weighted by atomic mass is 16.3. The summed E-state index contributed by atoms with van der Waals surface area (Å²) in [6.07, 6.45) is 1.74. The lowest BCUT2D eigenvalue weighted by Crippen LogP contribution is -2.48. The van der Waals surface area contributed by atoms with Crippen molar-refractivity contribution in [1.82, 2.24) is 4.90 Å². The molecule has 3 heteroatoms. The second-order valence-electron chi connectivity index (χ2n) is 4.12. The number of piperidine rings is 1. The van der Waals surface area contributed by atoms with E-state index in [1.807, 2.05) is 6.92 Å². The van der Waals surface area contributed by atoms with Crippen LogP contribution in [0.2, 0.25) is 0 Å². The first kappa shape index (κ1) is 9.96. The van der Waals surface area contributed by atoms with Gasteiger partial charge in [-0.25, -0.2) is 0 Å². The Bertz CT molecular complexity index is 137. The van der Waals surface area contributed by atoms with Gasteiger partial charge < -0.3 is 10.8 Å². The molecule has 1 fully saturated rings. The molecule has 0 radical (unpaired) electrons. The molecule has 1 unspecified atom stereocenters. The van der Waals surface area contributed by atoms with E-state index in [1.165, 1.54) is 0 Å². The zero-order chi connectivity index (χ0) is 9.19. The summed E-state index contributed by atoms with van der Waals surface area (Å²) in [7, 11) is 0. The van der Waals surface area contributed by atoms with Gasteiger partial charge in [0.2, 0.25) is 0 Å². The van der Waals surface area contributed by atoms with Crippen molar-refractivity contribution < 1.29 is 5.11 Å². The van der Waals surface area contributed by atoms with Gasteiger partial charge in [0.15, 0.2) is 0 Å². The minimum Gasteiger partial charge on any atom is -0.390 e. The lowest BCUT2D eigenvalue weighted by Gasteiger charge is -2.38. The Hall–Kier alpha value is -0.120. The molecule has 1 saturated heterocycles. The van der Waals surface area contributed by atoms with Crippen LogP contribution >= 0.6 is 0 Å². The first-order valence-corrected chi connectivity index (χ1v) is 4.72. The van der Waals surface area contributed by atoms with Crippen LogP contribution in [0.1, 0.15) is 26.7 Å². The standard InChI is InChI=1S/C9H20N2O/c1-8(7-10)11-5-3-9(2,12)4-6-11/h8,12H,3-7,10H2,1-2H3. The SMILES string of the molecule is CC(CN)N1CCC(C)(O)CC1. The van der Waals surface area contributed by atoms with Gasteiger partial charge in [0, 0.05) is 25.7 Å². The monoisotopic (exact) mass is 172 g/mol. The maximum Gasteiger partial charge on any atom is 0.0644 e. The molecule has 1 rings (SSSR count). The Labute approximate surface area is 74.5 Å². The molecular weight excluding hydrogens is 152 g/mol. The van der Waals surface area contributed by atoms with E-state index < -0.39 is 5.60 Å². The lowest BCUT2D eigenvalue weighted by molar-refractivity contribution is -0.0136. The van der Waals surface area contributed by atoms with Crippen molar-refractivity contribution in [2.45, 2.75) is 38.3 Å². The summed E-state index contributed by atoms with van der Waals surface area (Å²) in [5, 5.41) is 9.69. The zero-order valence-corrected chi connectivity index (χ0v) is 8.08. The van der Waals surface area contributed by atoms with Crippen LogP contribution in [0.15, 0.2) is 0 Å². The zero-order valence-electron chi connectivity index (χ0n) is 8.08. The van der Waals surface area contributed by atoms with E-state index in [0.29, 0.717) is 12.6 Å². The summed E-state index contributed by atoms with van der Waals surface area (Å²) >= 11 is 0. The number of likely N-dealkylation sites (tertiary alicyclic amines) is 1. The first-order valence-electron chi connectivity index (χ1n) is 4.72. The van der Waals surface area contributed by atoms with Crippen LogP contribution in [0, 0.1) is 0 Å². The molecule has 0 bridgehead atoms. The molecule has 1 aliphatic rings. The lowest BCUT2D eigenvalue weighted by atomic mass is 9.93. The maximum absolute atomic E-state index is 9.69. The van der Waals surface area contributed by atoms with E-state index in [1.54, 1.807) is 0 Å². The molecule has 1 heterocycles. The molecule has 0 spiro atoms. The molecule has 1 atom stereocenters. The van der Waals surface area contributed by atoms with Crippen LogP contribution in [0.5, 0.6) is 0 Å². The van der Waals surface area contributed by atoms with E-state index in [0.717, 1.165) is 25.9 Å². The quantitative estimate of drug-likeness (QED) is 0.625. The van der Waals surface area contributed by atoms with Crippen LogP contribution in [0.3, 0.4) is 0 Å².